The number of amides is 1. The molecule has 6 heteroatoms. The molecule has 2 N–H and O–H groups in total. The van der Waals surface area contributed by atoms with E-state index in [2.05, 4.69) is 34.4 Å². The van der Waals surface area contributed by atoms with Crippen LogP contribution in [0.2, 0.25) is 0 Å². The van der Waals surface area contributed by atoms with Crippen LogP contribution in [-0.2, 0) is 6.42 Å². The van der Waals surface area contributed by atoms with E-state index < -0.39 is 0 Å². The van der Waals surface area contributed by atoms with Crippen LogP contribution >= 0.6 is 0 Å². The molecular weight excluding hydrogens is 307 g/mol. The van der Waals surface area contributed by atoms with Gasteiger partial charge in [0.2, 0.25) is 0 Å². The molecule has 128 valence electrons. The molecule has 0 fully saturated rings. The lowest BCUT2D eigenvalue weighted by atomic mass is 10.1. The van der Waals surface area contributed by atoms with Crippen molar-refractivity contribution in [3.63, 3.8) is 0 Å². The molecule has 0 radical (unpaired) electrons. The van der Waals surface area contributed by atoms with Crippen LogP contribution in [0.5, 0.6) is 0 Å². The van der Waals surface area contributed by atoms with Gasteiger partial charge in [-0.2, -0.15) is 0 Å². The third kappa shape index (κ3) is 5.61. The highest BCUT2D eigenvalue weighted by atomic mass is 19.1. The highest BCUT2D eigenvalue weighted by molar-refractivity contribution is 5.92. The van der Waals surface area contributed by atoms with E-state index in [9.17, 15) is 9.18 Å². The van der Waals surface area contributed by atoms with Gasteiger partial charge in [-0.15, -0.1) is 0 Å². The monoisotopic (exact) mass is 330 g/mol. The van der Waals surface area contributed by atoms with Crippen molar-refractivity contribution >= 4 is 11.7 Å². The van der Waals surface area contributed by atoms with E-state index in [0.29, 0.717) is 36.2 Å². The summed E-state index contributed by atoms with van der Waals surface area (Å²) in [5.74, 6) is 1.18. The number of hydrogen-bond donors (Lipinski definition) is 2. The zero-order valence-electron chi connectivity index (χ0n) is 14.3. The van der Waals surface area contributed by atoms with Gasteiger partial charge in [0.05, 0.1) is 0 Å². The van der Waals surface area contributed by atoms with Crippen molar-refractivity contribution in [1.82, 2.24) is 15.3 Å². The Morgan fingerprint density at radius 3 is 2.58 bits per heavy atom. The summed E-state index contributed by atoms with van der Waals surface area (Å²) in [6.45, 7) is 7.20. The number of benzene rings is 1. The van der Waals surface area contributed by atoms with E-state index in [1.807, 2.05) is 0 Å². The Labute approximate surface area is 141 Å². The first-order chi connectivity index (χ1) is 11.4. The fourth-order valence-electron chi connectivity index (χ4n) is 2.15. The Kier molecular flexibility index (Phi) is 6.23. The van der Waals surface area contributed by atoms with Gasteiger partial charge in [0.1, 0.15) is 23.2 Å². The van der Waals surface area contributed by atoms with Crippen LogP contribution in [0.25, 0.3) is 0 Å². The molecule has 0 aliphatic rings. The van der Waals surface area contributed by atoms with E-state index in [4.69, 9.17) is 0 Å². The van der Waals surface area contributed by atoms with Gasteiger partial charge in [-0.05, 0) is 37.0 Å². The molecule has 1 amide bonds. The van der Waals surface area contributed by atoms with Gasteiger partial charge in [0, 0.05) is 19.2 Å². The Morgan fingerprint density at radius 2 is 1.92 bits per heavy atom. The summed E-state index contributed by atoms with van der Waals surface area (Å²) in [7, 11) is 0. The molecule has 0 aliphatic heterocycles. The highest BCUT2D eigenvalue weighted by Gasteiger charge is 2.10. The molecule has 1 aromatic heterocycles. The van der Waals surface area contributed by atoms with Crippen molar-refractivity contribution in [2.75, 3.05) is 18.4 Å². The molecular formula is C18H23FN4O. The summed E-state index contributed by atoms with van der Waals surface area (Å²) in [6.07, 6.45) is 0.633. The molecule has 0 atom stereocenters. The molecule has 1 aromatic carbocycles. The van der Waals surface area contributed by atoms with Crippen LogP contribution in [0.3, 0.4) is 0 Å². The number of nitrogens with zero attached hydrogens (tertiary/aromatic N) is 2. The normalized spacial score (nSPS) is 10.7. The zero-order valence-corrected chi connectivity index (χ0v) is 14.3. The van der Waals surface area contributed by atoms with E-state index in [-0.39, 0.29) is 11.7 Å². The van der Waals surface area contributed by atoms with E-state index in [1.165, 1.54) is 12.1 Å². The Bertz CT molecular complexity index is 686. The van der Waals surface area contributed by atoms with E-state index >= 15 is 0 Å². The molecule has 0 unspecified atom stereocenters. The maximum atomic E-state index is 12.9. The molecule has 0 aliphatic carbocycles. The second-order valence-corrected chi connectivity index (χ2v) is 6.09. The Morgan fingerprint density at radius 1 is 1.21 bits per heavy atom. The average Bonchev–Trinajstić information content (AvgIpc) is 2.54. The third-order valence-corrected chi connectivity index (χ3v) is 3.37. The molecule has 0 bridgehead atoms. The van der Waals surface area contributed by atoms with Gasteiger partial charge in [-0.3, -0.25) is 4.79 Å². The van der Waals surface area contributed by atoms with E-state index in [0.717, 1.165) is 12.1 Å². The number of carbonyl (C=O) groups excluding carboxylic acids is 1. The standard InChI is InChI=1S/C18H23FN4O/c1-12(2)11-21-17-10-16(22-13(3)23-17)18(24)20-9-8-14-4-6-15(19)7-5-14/h4-7,10,12H,8-9,11H2,1-3H3,(H,20,24)(H,21,22,23). The molecule has 0 saturated carbocycles. The summed E-state index contributed by atoms with van der Waals surface area (Å²) in [5.41, 5.74) is 1.31. The second kappa shape index (κ2) is 8.38. The van der Waals surface area contributed by atoms with Gasteiger partial charge >= 0.3 is 0 Å². The molecule has 5 nitrogen and oxygen atoms in total. The minimum Gasteiger partial charge on any atom is -0.370 e. The van der Waals surface area contributed by atoms with Gasteiger partial charge < -0.3 is 10.6 Å². The minimum absolute atomic E-state index is 0.241. The van der Waals surface area contributed by atoms with Crippen LogP contribution in [0.4, 0.5) is 10.2 Å². The van der Waals surface area contributed by atoms with Crippen molar-refractivity contribution in [3.8, 4) is 0 Å². The first-order valence-corrected chi connectivity index (χ1v) is 8.06. The predicted octanol–water partition coefficient (Wildman–Crippen LogP) is 2.96. The fourth-order valence-corrected chi connectivity index (χ4v) is 2.15. The van der Waals surface area contributed by atoms with Gasteiger partial charge in [0.25, 0.3) is 5.91 Å². The number of halogens is 1. The van der Waals surface area contributed by atoms with E-state index in [1.54, 1.807) is 25.1 Å². The molecule has 2 aromatic rings. The topological polar surface area (TPSA) is 66.9 Å². The van der Waals surface area contributed by atoms with Crippen LogP contribution in [-0.4, -0.2) is 29.0 Å². The third-order valence-electron chi connectivity index (χ3n) is 3.37. The van der Waals surface area contributed by atoms with Crippen LogP contribution in [0.1, 0.15) is 35.7 Å². The number of aryl methyl sites for hydroxylation is 1. The fraction of sp³-hybridized carbons (Fsp3) is 0.389. The van der Waals surface area contributed by atoms with Gasteiger partial charge in [-0.25, -0.2) is 14.4 Å². The Hall–Kier alpha value is -2.50. The predicted molar refractivity (Wildman–Crippen MR) is 92.5 cm³/mol. The average molecular weight is 330 g/mol. The maximum absolute atomic E-state index is 12.9. The van der Waals surface area contributed by atoms with Crippen molar-refractivity contribution in [2.45, 2.75) is 27.2 Å². The number of hydrogen-bond acceptors (Lipinski definition) is 4. The first-order valence-electron chi connectivity index (χ1n) is 8.06. The lowest BCUT2D eigenvalue weighted by Crippen LogP contribution is -2.27. The number of rotatable bonds is 7. The van der Waals surface area contributed by atoms with Crippen molar-refractivity contribution in [3.05, 3.63) is 53.2 Å². The molecule has 24 heavy (non-hydrogen) atoms. The summed E-state index contributed by atoms with van der Waals surface area (Å²) in [5, 5.41) is 6.03. The van der Waals surface area contributed by atoms with Crippen molar-refractivity contribution in [2.24, 2.45) is 5.92 Å². The lowest BCUT2D eigenvalue weighted by Gasteiger charge is -2.10. The molecule has 0 saturated heterocycles. The SMILES string of the molecule is Cc1nc(NCC(C)C)cc(C(=O)NCCc2ccc(F)cc2)n1. The van der Waals surface area contributed by atoms with Gasteiger partial charge in [-0.1, -0.05) is 26.0 Å². The summed E-state index contributed by atoms with van der Waals surface area (Å²) >= 11 is 0. The molecule has 0 spiro atoms. The quantitative estimate of drug-likeness (QED) is 0.819. The summed E-state index contributed by atoms with van der Waals surface area (Å²) in [6, 6.07) is 7.91. The number of carbonyl (C=O) groups is 1. The second-order valence-electron chi connectivity index (χ2n) is 6.09. The maximum Gasteiger partial charge on any atom is 0.270 e. The largest absolute Gasteiger partial charge is 0.370 e. The molecule has 2 rings (SSSR count). The van der Waals surface area contributed by atoms with Crippen LogP contribution in [0.15, 0.2) is 30.3 Å². The first kappa shape index (κ1) is 17.8. The highest BCUT2D eigenvalue weighted by Crippen LogP contribution is 2.08. The van der Waals surface area contributed by atoms with Crippen molar-refractivity contribution < 1.29 is 9.18 Å². The summed E-state index contributed by atoms with van der Waals surface area (Å²) in [4.78, 5) is 20.7. The summed E-state index contributed by atoms with van der Waals surface area (Å²) < 4.78 is 12.9. The van der Waals surface area contributed by atoms with Crippen LogP contribution < -0.4 is 10.6 Å². The number of nitrogens with one attached hydrogen (secondary N) is 2. The Balaban J connectivity index is 1.92. The van der Waals surface area contributed by atoms with Gasteiger partial charge in [0.15, 0.2) is 0 Å². The zero-order chi connectivity index (χ0) is 17.5. The molecule has 1 heterocycles. The van der Waals surface area contributed by atoms with Crippen molar-refractivity contribution in [1.29, 1.82) is 0 Å². The smallest absolute Gasteiger partial charge is 0.270 e. The lowest BCUT2D eigenvalue weighted by molar-refractivity contribution is 0.0949. The minimum atomic E-state index is -0.263. The van der Waals surface area contributed by atoms with Crippen LogP contribution in [0, 0.1) is 18.7 Å². The number of anilines is 1. The number of aromatic nitrogens is 2.